The topological polar surface area (TPSA) is 98.4 Å². The third-order valence-corrected chi connectivity index (χ3v) is 9.26. The van der Waals surface area contributed by atoms with Crippen molar-refractivity contribution in [1.82, 2.24) is 19.6 Å². The van der Waals surface area contributed by atoms with E-state index in [1.165, 1.54) is 4.31 Å². The lowest BCUT2D eigenvalue weighted by atomic mass is 9.88. The van der Waals surface area contributed by atoms with E-state index in [-0.39, 0.29) is 24.9 Å². The second kappa shape index (κ2) is 10.4. The second-order valence-corrected chi connectivity index (χ2v) is 11.7. The lowest BCUT2D eigenvalue weighted by Gasteiger charge is -2.35. The number of rotatable bonds is 6. The summed E-state index contributed by atoms with van der Waals surface area (Å²) in [4.78, 5) is 23.1. The Bertz CT molecular complexity index is 1300. The summed E-state index contributed by atoms with van der Waals surface area (Å²) in [6.07, 6.45) is 7.87. The van der Waals surface area contributed by atoms with E-state index in [2.05, 4.69) is 20.2 Å². The van der Waals surface area contributed by atoms with Crippen molar-refractivity contribution in [3.05, 3.63) is 77.9 Å². The molecule has 1 amide bonds. The van der Waals surface area contributed by atoms with Gasteiger partial charge in [-0.25, -0.2) is 13.4 Å². The lowest BCUT2D eigenvalue weighted by molar-refractivity contribution is -0.126. The van der Waals surface area contributed by atoms with Crippen LogP contribution in [-0.2, 0) is 27.9 Å². The van der Waals surface area contributed by atoms with Crippen LogP contribution in [0.2, 0.25) is 0 Å². The van der Waals surface area contributed by atoms with Gasteiger partial charge in [0.2, 0.25) is 15.9 Å². The van der Waals surface area contributed by atoms with Crippen LogP contribution in [0.5, 0.6) is 0 Å². The number of para-hydroxylation sites is 1. The Labute approximate surface area is 212 Å². The molecule has 36 heavy (non-hydrogen) atoms. The van der Waals surface area contributed by atoms with Crippen molar-refractivity contribution in [3.63, 3.8) is 0 Å². The van der Waals surface area contributed by atoms with E-state index in [9.17, 15) is 13.2 Å². The number of nitrogens with one attached hydrogen (secondary N) is 2. The Balaban J connectivity index is 1.54. The summed E-state index contributed by atoms with van der Waals surface area (Å²) in [6.45, 7) is 2.64. The molecule has 1 atom stereocenters. The number of fused-ring (bicyclic) bond motifs is 1. The fraction of sp³-hybridized carbons (Fsp3) is 0.407. The molecule has 190 valence electrons. The minimum atomic E-state index is -3.80. The van der Waals surface area contributed by atoms with E-state index < -0.39 is 16.2 Å². The number of amides is 1. The van der Waals surface area contributed by atoms with Gasteiger partial charge in [0, 0.05) is 24.3 Å². The van der Waals surface area contributed by atoms with Gasteiger partial charge in [0.05, 0.1) is 30.0 Å². The van der Waals surface area contributed by atoms with Gasteiger partial charge in [-0.1, -0.05) is 55.7 Å². The standard InChI is InChI=1S/C27H33N5O3S/c1-20-9-5-8-14-25(20)36(34,35)31-16-22-12-6-7-13-24(22)32(17-23-15-28-19-29-23)26(18-31)30-27(33)21-10-3-2-4-11-21/h5-9,12-15,19,21,26H,2-4,10-11,16-18H2,1H3,(H,28,29)(H,30,33). The van der Waals surface area contributed by atoms with Crippen molar-refractivity contribution in [3.8, 4) is 0 Å². The van der Waals surface area contributed by atoms with Crippen LogP contribution >= 0.6 is 0 Å². The first kappa shape index (κ1) is 24.5. The van der Waals surface area contributed by atoms with Crippen molar-refractivity contribution < 1.29 is 13.2 Å². The molecule has 2 aromatic carbocycles. The fourth-order valence-electron chi connectivity index (χ4n) is 5.33. The molecule has 5 rings (SSSR count). The second-order valence-electron chi connectivity index (χ2n) is 9.76. The number of nitrogens with zero attached hydrogens (tertiary/aromatic N) is 3. The Morgan fingerprint density at radius 1 is 1.08 bits per heavy atom. The highest BCUT2D eigenvalue weighted by atomic mass is 32.2. The molecular formula is C27H33N5O3S. The predicted molar refractivity (Wildman–Crippen MR) is 138 cm³/mol. The van der Waals surface area contributed by atoms with Gasteiger partial charge >= 0.3 is 0 Å². The van der Waals surface area contributed by atoms with Crippen LogP contribution in [0, 0.1) is 12.8 Å². The molecule has 9 heteroatoms. The summed E-state index contributed by atoms with van der Waals surface area (Å²) in [5.41, 5.74) is 3.39. The van der Waals surface area contributed by atoms with E-state index >= 15 is 0 Å². The summed E-state index contributed by atoms with van der Waals surface area (Å²) >= 11 is 0. The molecule has 0 spiro atoms. The number of sulfonamides is 1. The summed E-state index contributed by atoms with van der Waals surface area (Å²) in [6, 6.07) is 14.9. The zero-order chi connectivity index (χ0) is 25.1. The van der Waals surface area contributed by atoms with Gasteiger partial charge in [-0.05, 0) is 43.0 Å². The Morgan fingerprint density at radius 2 is 1.83 bits per heavy atom. The molecule has 1 aliphatic carbocycles. The Morgan fingerprint density at radius 3 is 2.58 bits per heavy atom. The van der Waals surface area contributed by atoms with E-state index in [1.54, 1.807) is 24.7 Å². The summed E-state index contributed by atoms with van der Waals surface area (Å²) in [7, 11) is -3.80. The summed E-state index contributed by atoms with van der Waals surface area (Å²) in [5, 5.41) is 3.25. The molecule has 0 bridgehead atoms. The third kappa shape index (κ3) is 5.03. The molecule has 1 saturated carbocycles. The number of hydrogen-bond acceptors (Lipinski definition) is 5. The molecule has 8 nitrogen and oxygen atoms in total. The van der Waals surface area contributed by atoms with Gasteiger partial charge in [0.1, 0.15) is 6.17 Å². The van der Waals surface area contributed by atoms with Crippen LogP contribution in [0.1, 0.15) is 48.9 Å². The zero-order valence-electron chi connectivity index (χ0n) is 20.6. The minimum absolute atomic E-state index is 0.00179. The van der Waals surface area contributed by atoms with Crippen LogP contribution in [0.3, 0.4) is 0 Å². The maximum absolute atomic E-state index is 13.9. The molecular weight excluding hydrogens is 474 g/mol. The molecule has 3 aromatic rings. The van der Waals surface area contributed by atoms with E-state index in [4.69, 9.17) is 0 Å². The number of carbonyl (C=O) groups excluding carboxylic acids is 1. The molecule has 0 saturated heterocycles. The van der Waals surface area contributed by atoms with Crippen LogP contribution in [0.15, 0.2) is 66.0 Å². The highest BCUT2D eigenvalue weighted by molar-refractivity contribution is 7.89. The van der Waals surface area contributed by atoms with E-state index in [0.717, 1.165) is 49.0 Å². The van der Waals surface area contributed by atoms with Crippen LogP contribution < -0.4 is 10.2 Å². The molecule has 2 N–H and O–H groups in total. The number of carbonyl (C=O) groups is 1. The maximum atomic E-state index is 13.9. The number of aryl methyl sites for hydroxylation is 1. The number of aromatic nitrogens is 2. The number of H-pyrrole nitrogens is 1. The van der Waals surface area contributed by atoms with Gasteiger partial charge in [0.25, 0.3) is 0 Å². The van der Waals surface area contributed by atoms with Crippen LogP contribution in [0.4, 0.5) is 5.69 Å². The van der Waals surface area contributed by atoms with Crippen LogP contribution in [0.25, 0.3) is 0 Å². The van der Waals surface area contributed by atoms with Gasteiger partial charge in [-0.2, -0.15) is 4.31 Å². The highest BCUT2D eigenvalue weighted by Crippen LogP contribution is 2.32. The van der Waals surface area contributed by atoms with Gasteiger partial charge < -0.3 is 15.2 Å². The van der Waals surface area contributed by atoms with Crippen LogP contribution in [-0.4, -0.2) is 41.3 Å². The van der Waals surface area contributed by atoms with Gasteiger partial charge in [-0.15, -0.1) is 0 Å². The first-order chi connectivity index (χ1) is 17.4. The molecule has 2 heterocycles. The monoisotopic (exact) mass is 507 g/mol. The predicted octanol–water partition coefficient (Wildman–Crippen LogP) is 3.95. The Hall–Kier alpha value is -3.17. The average molecular weight is 508 g/mol. The number of anilines is 1. The molecule has 1 aliphatic heterocycles. The average Bonchev–Trinajstić information content (AvgIpc) is 3.35. The first-order valence-electron chi connectivity index (χ1n) is 12.6. The fourth-order valence-corrected chi connectivity index (χ4v) is 6.98. The van der Waals surface area contributed by atoms with Crippen molar-refractivity contribution in [2.75, 3.05) is 11.4 Å². The number of imidazole rings is 1. The van der Waals surface area contributed by atoms with Crippen molar-refractivity contribution in [2.24, 2.45) is 5.92 Å². The van der Waals surface area contributed by atoms with Crippen molar-refractivity contribution in [1.29, 1.82) is 0 Å². The lowest BCUT2D eigenvalue weighted by Crippen LogP contribution is -2.54. The van der Waals surface area contributed by atoms with Gasteiger partial charge in [-0.3, -0.25) is 4.79 Å². The van der Waals surface area contributed by atoms with Gasteiger partial charge in [0.15, 0.2) is 0 Å². The quantitative estimate of drug-likeness (QED) is 0.526. The summed E-state index contributed by atoms with van der Waals surface area (Å²) < 4.78 is 29.3. The molecule has 0 radical (unpaired) electrons. The molecule has 1 aromatic heterocycles. The number of hydrogen-bond donors (Lipinski definition) is 2. The number of benzene rings is 2. The normalized spacial score (nSPS) is 19.5. The Kier molecular flexibility index (Phi) is 7.11. The highest BCUT2D eigenvalue weighted by Gasteiger charge is 2.37. The molecule has 1 fully saturated rings. The first-order valence-corrected chi connectivity index (χ1v) is 14.1. The largest absolute Gasteiger partial charge is 0.347 e. The summed E-state index contributed by atoms with van der Waals surface area (Å²) in [5.74, 6) is -0.0328. The third-order valence-electron chi connectivity index (χ3n) is 7.29. The minimum Gasteiger partial charge on any atom is -0.347 e. The maximum Gasteiger partial charge on any atom is 0.243 e. The molecule has 1 unspecified atom stereocenters. The zero-order valence-corrected chi connectivity index (χ0v) is 21.4. The SMILES string of the molecule is Cc1ccccc1S(=O)(=O)N1Cc2ccccc2N(Cc2cnc[nH]2)C(NC(=O)C2CCCCC2)C1. The smallest absolute Gasteiger partial charge is 0.243 e. The van der Waals surface area contributed by atoms with E-state index in [1.807, 2.05) is 43.3 Å². The van der Waals surface area contributed by atoms with E-state index in [0.29, 0.717) is 17.0 Å². The van der Waals surface area contributed by atoms with Crippen molar-refractivity contribution >= 4 is 21.6 Å². The van der Waals surface area contributed by atoms with Crippen molar-refractivity contribution in [2.45, 2.75) is 63.2 Å². The molecule has 2 aliphatic rings. The number of aromatic amines is 1.